The molecule has 7 nitrogen and oxygen atoms in total. The topological polar surface area (TPSA) is 86.8 Å². The molecule has 1 atom stereocenters. The fourth-order valence-electron chi connectivity index (χ4n) is 4.37. The first-order chi connectivity index (χ1) is 19.4. The Kier molecular flexibility index (Phi) is 12.1. The molecule has 0 heterocycles. The molecule has 0 unspecified atom stereocenters. The average Bonchev–Trinajstić information content (AvgIpc) is 2.93. The van der Waals surface area contributed by atoms with Crippen LogP contribution in [0.3, 0.4) is 0 Å². The summed E-state index contributed by atoms with van der Waals surface area (Å²) >= 11 is 12.1. The van der Waals surface area contributed by atoms with Crippen molar-refractivity contribution in [3.63, 3.8) is 0 Å². The predicted molar refractivity (Wildman–Crippen MR) is 167 cm³/mol. The molecule has 0 spiro atoms. The van der Waals surface area contributed by atoms with Crippen LogP contribution >= 0.6 is 23.2 Å². The molecule has 2 amide bonds. The van der Waals surface area contributed by atoms with Gasteiger partial charge in [0.15, 0.2) is 0 Å². The van der Waals surface area contributed by atoms with Crippen LogP contribution in [0.15, 0.2) is 78.9 Å². The maximum Gasteiger partial charge on any atom is 0.243 e. The third-order valence-electron chi connectivity index (χ3n) is 6.49. The molecule has 0 bridgehead atoms. The van der Waals surface area contributed by atoms with Crippen molar-refractivity contribution in [1.29, 1.82) is 0 Å². The Labute approximate surface area is 253 Å². The highest BCUT2D eigenvalue weighted by molar-refractivity contribution is 7.92. The molecule has 0 aromatic heterocycles. The van der Waals surface area contributed by atoms with Crippen molar-refractivity contribution < 1.29 is 18.0 Å². The minimum atomic E-state index is -3.60. The van der Waals surface area contributed by atoms with Gasteiger partial charge in [-0.15, -0.1) is 0 Å². The summed E-state index contributed by atoms with van der Waals surface area (Å²) in [6, 6.07) is 22.5. The Morgan fingerprint density at radius 2 is 1.44 bits per heavy atom. The lowest BCUT2D eigenvalue weighted by Gasteiger charge is -2.32. The molecule has 0 aliphatic rings. The molecule has 0 aliphatic heterocycles. The first kappa shape index (κ1) is 32.4. The Balaban J connectivity index is 1.87. The maximum atomic E-state index is 13.8. The number of carbonyl (C=O) groups excluding carboxylic acids is 2. The highest BCUT2D eigenvalue weighted by atomic mass is 35.5. The van der Waals surface area contributed by atoms with Crippen molar-refractivity contribution in [2.45, 2.75) is 45.7 Å². The van der Waals surface area contributed by atoms with E-state index in [9.17, 15) is 18.0 Å². The summed E-state index contributed by atoms with van der Waals surface area (Å²) in [7, 11) is -3.60. The third kappa shape index (κ3) is 10.4. The van der Waals surface area contributed by atoms with Gasteiger partial charge in [0.1, 0.15) is 6.04 Å². The van der Waals surface area contributed by atoms with Crippen molar-refractivity contribution in [3.05, 3.63) is 100 Å². The van der Waals surface area contributed by atoms with Crippen LogP contribution in [-0.2, 0) is 32.6 Å². The summed E-state index contributed by atoms with van der Waals surface area (Å²) in [5.41, 5.74) is 2.23. The molecule has 0 radical (unpaired) electrons. The molecule has 3 aromatic carbocycles. The molecule has 0 fully saturated rings. The van der Waals surface area contributed by atoms with E-state index in [1.54, 1.807) is 41.3 Å². The monoisotopic (exact) mass is 617 g/mol. The molecule has 220 valence electrons. The van der Waals surface area contributed by atoms with Gasteiger partial charge in [-0.3, -0.25) is 13.9 Å². The summed E-state index contributed by atoms with van der Waals surface area (Å²) in [5.74, 6) is -0.236. The van der Waals surface area contributed by atoms with Crippen molar-refractivity contribution in [2.24, 2.45) is 5.92 Å². The van der Waals surface area contributed by atoms with E-state index < -0.39 is 16.1 Å². The largest absolute Gasteiger partial charge is 0.354 e. The second-order valence-electron chi connectivity index (χ2n) is 10.4. The second-order valence-corrected chi connectivity index (χ2v) is 13.2. The number of anilines is 1. The van der Waals surface area contributed by atoms with Crippen molar-refractivity contribution >= 4 is 50.7 Å². The smallest absolute Gasteiger partial charge is 0.243 e. The normalized spacial score (nSPS) is 12.1. The highest BCUT2D eigenvalue weighted by Gasteiger charge is 2.30. The van der Waals surface area contributed by atoms with Crippen molar-refractivity contribution in [1.82, 2.24) is 10.2 Å². The number of sulfonamides is 1. The second kappa shape index (κ2) is 15.2. The van der Waals surface area contributed by atoms with Gasteiger partial charge in [0.2, 0.25) is 21.8 Å². The zero-order chi connectivity index (χ0) is 30.0. The number of hydrogen-bond acceptors (Lipinski definition) is 4. The van der Waals surface area contributed by atoms with E-state index in [1.807, 2.05) is 56.3 Å². The van der Waals surface area contributed by atoms with Crippen LogP contribution in [0.25, 0.3) is 0 Å². The minimum Gasteiger partial charge on any atom is -0.354 e. The molecular formula is C31H37Cl2N3O4S. The number of nitrogens with one attached hydrogen (secondary N) is 1. The number of halogens is 2. The number of carbonyl (C=O) groups is 2. The molecule has 3 rings (SSSR count). The van der Waals surface area contributed by atoms with Gasteiger partial charge in [0, 0.05) is 42.5 Å². The van der Waals surface area contributed by atoms with E-state index in [0.29, 0.717) is 28.7 Å². The maximum absolute atomic E-state index is 13.8. The number of benzene rings is 3. The van der Waals surface area contributed by atoms with Gasteiger partial charge in [-0.1, -0.05) is 79.5 Å². The van der Waals surface area contributed by atoms with E-state index in [1.165, 1.54) is 4.31 Å². The van der Waals surface area contributed by atoms with Gasteiger partial charge in [-0.05, 0) is 59.9 Å². The molecule has 10 heteroatoms. The molecule has 0 aliphatic carbocycles. The summed E-state index contributed by atoms with van der Waals surface area (Å²) in [6.07, 6.45) is 1.78. The van der Waals surface area contributed by atoms with Crippen LogP contribution in [0, 0.1) is 5.92 Å². The van der Waals surface area contributed by atoms with E-state index in [-0.39, 0.29) is 43.7 Å². The summed E-state index contributed by atoms with van der Waals surface area (Å²) in [6.45, 7) is 4.81. The molecule has 41 heavy (non-hydrogen) atoms. The minimum absolute atomic E-state index is 0.0515. The van der Waals surface area contributed by atoms with Gasteiger partial charge in [0.05, 0.1) is 11.9 Å². The predicted octanol–water partition coefficient (Wildman–Crippen LogP) is 5.95. The SMILES string of the molecule is CC(C)CNC(=O)[C@H](Cc1ccccc1)N(Cc1ccc(Cl)cc1)C(=O)CCCN(c1ccc(Cl)cc1)S(C)(=O)=O. The van der Waals surface area contributed by atoms with Gasteiger partial charge >= 0.3 is 0 Å². The van der Waals surface area contributed by atoms with E-state index in [4.69, 9.17) is 23.2 Å². The quantitative estimate of drug-likeness (QED) is 0.242. The average molecular weight is 619 g/mol. The van der Waals surface area contributed by atoms with E-state index in [2.05, 4.69) is 5.32 Å². The van der Waals surface area contributed by atoms with Crippen LogP contribution in [0.1, 0.15) is 37.8 Å². The van der Waals surface area contributed by atoms with Gasteiger partial charge < -0.3 is 10.2 Å². The zero-order valence-corrected chi connectivity index (χ0v) is 25.9. The number of nitrogens with zero attached hydrogens (tertiary/aromatic N) is 2. The van der Waals surface area contributed by atoms with E-state index in [0.717, 1.165) is 17.4 Å². The van der Waals surface area contributed by atoms with Gasteiger partial charge in [0.25, 0.3) is 0 Å². The Morgan fingerprint density at radius 1 is 0.854 bits per heavy atom. The molecular weight excluding hydrogens is 581 g/mol. The van der Waals surface area contributed by atoms with Gasteiger partial charge in [-0.2, -0.15) is 0 Å². The van der Waals surface area contributed by atoms with Crippen molar-refractivity contribution in [2.75, 3.05) is 23.7 Å². The van der Waals surface area contributed by atoms with Crippen LogP contribution in [-0.4, -0.2) is 50.5 Å². The Bertz CT molecular complexity index is 1380. The standard InChI is InChI=1S/C31H37Cl2N3O4S/c1-23(2)21-34-31(38)29(20-24-8-5-4-6-9-24)35(22-25-11-13-26(32)14-12-25)30(37)10-7-19-36(41(3,39)40)28-17-15-27(33)16-18-28/h4-6,8-9,11-18,23,29H,7,10,19-22H2,1-3H3,(H,34,38)/t29-/m0/s1. The molecule has 1 N–H and O–H groups in total. The number of rotatable bonds is 14. The molecule has 0 saturated heterocycles. The molecule has 3 aromatic rings. The van der Waals surface area contributed by atoms with Crippen LogP contribution < -0.4 is 9.62 Å². The highest BCUT2D eigenvalue weighted by Crippen LogP contribution is 2.22. The summed E-state index contributed by atoms with van der Waals surface area (Å²) in [5, 5.41) is 4.07. The number of amides is 2. The third-order valence-corrected chi connectivity index (χ3v) is 8.19. The van der Waals surface area contributed by atoms with Crippen molar-refractivity contribution in [3.8, 4) is 0 Å². The van der Waals surface area contributed by atoms with Crippen LogP contribution in [0.2, 0.25) is 10.0 Å². The van der Waals surface area contributed by atoms with Gasteiger partial charge in [-0.25, -0.2) is 8.42 Å². The summed E-state index contributed by atoms with van der Waals surface area (Å²) in [4.78, 5) is 29.0. The fraction of sp³-hybridized carbons (Fsp3) is 0.355. The lowest BCUT2D eigenvalue weighted by molar-refractivity contribution is -0.141. The molecule has 0 saturated carbocycles. The lowest BCUT2D eigenvalue weighted by atomic mass is 10.0. The summed E-state index contributed by atoms with van der Waals surface area (Å²) < 4.78 is 26.4. The van der Waals surface area contributed by atoms with E-state index >= 15 is 0 Å². The first-order valence-electron chi connectivity index (χ1n) is 13.5. The zero-order valence-electron chi connectivity index (χ0n) is 23.6. The first-order valence-corrected chi connectivity index (χ1v) is 16.1. The lowest BCUT2D eigenvalue weighted by Crippen LogP contribution is -2.51. The number of hydrogen-bond donors (Lipinski definition) is 1. The Morgan fingerprint density at radius 3 is 2.00 bits per heavy atom. The fourth-order valence-corrected chi connectivity index (χ4v) is 5.59. The van der Waals surface area contributed by atoms with Crippen LogP contribution in [0.5, 0.6) is 0 Å². The Hall–Kier alpha value is -3.07. The van der Waals surface area contributed by atoms with Crippen LogP contribution in [0.4, 0.5) is 5.69 Å².